The Labute approximate surface area is 111 Å². The number of carboxylic acid groups (broad SMARTS) is 1. The molecule has 0 fully saturated rings. The molecule has 0 spiro atoms. The first-order valence-electron chi connectivity index (χ1n) is 5.77. The van der Waals surface area contributed by atoms with Crippen LogP contribution in [0.4, 0.5) is 5.69 Å². The molecule has 0 radical (unpaired) electrons. The number of anilines is 1. The predicted molar refractivity (Wildman–Crippen MR) is 70.7 cm³/mol. The molecular weight excluding hydrogens is 252 g/mol. The molecule has 0 aliphatic rings. The molecule has 2 N–H and O–H groups in total. The van der Waals surface area contributed by atoms with E-state index in [-0.39, 0.29) is 0 Å². The number of aliphatic carboxylic acids is 1. The van der Waals surface area contributed by atoms with Crippen LogP contribution in [-0.2, 0) is 4.79 Å². The molecule has 0 bridgehead atoms. The largest absolute Gasteiger partial charge is 0.480 e. The van der Waals surface area contributed by atoms with Gasteiger partial charge in [-0.3, -0.25) is 0 Å². The number of benzene rings is 1. The predicted octanol–water partition coefficient (Wildman–Crippen LogP) is 3.27. The van der Waals surface area contributed by atoms with Crippen molar-refractivity contribution >= 4 is 23.3 Å². The van der Waals surface area contributed by atoms with Crippen LogP contribution >= 0.6 is 11.6 Å². The van der Waals surface area contributed by atoms with Crippen LogP contribution in [0.1, 0.15) is 31.7 Å². The standard InChI is InChI=1S/C13H15ClN2O2/c1-2-3-4-12(13(17)18)16-10-6-5-9(8-15)11(14)7-10/h5-7,12,16H,2-4H2,1H3,(H,17,18)/t12-/m0/s1. The van der Waals surface area contributed by atoms with E-state index in [0.717, 1.165) is 12.8 Å². The molecule has 1 atom stereocenters. The molecule has 0 aromatic heterocycles. The summed E-state index contributed by atoms with van der Waals surface area (Å²) in [4.78, 5) is 11.1. The summed E-state index contributed by atoms with van der Waals surface area (Å²) in [5.41, 5.74) is 0.991. The molecule has 1 aromatic carbocycles. The summed E-state index contributed by atoms with van der Waals surface area (Å²) < 4.78 is 0. The zero-order chi connectivity index (χ0) is 13.5. The summed E-state index contributed by atoms with van der Waals surface area (Å²) in [6, 6.07) is 6.13. The van der Waals surface area contributed by atoms with Gasteiger partial charge in [0.05, 0.1) is 10.6 Å². The number of nitriles is 1. The average molecular weight is 267 g/mol. The molecule has 1 aromatic rings. The van der Waals surface area contributed by atoms with Crippen molar-refractivity contribution in [2.45, 2.75) is 32.2 Å². The number of rotatable bonds is 6. The monoisotopic (exact) mass is 266 g/mol. The van der Waals surface area contributed by atoms with Crippen molar-refractivity contribution in [2.24, 2.45) is 0 Å². The van der Waals surface area contributed by atoms with E-state index < -0.39 is 12.0 Å². The second kappa shape index (κ2) is 6.87. The summed E-state index contributed by atoms with van der Waals surface area (Å²) in [5.74, 6) is -0.885. The number of halogens is 1. The molecule has 0 amide bonds. The molecule has 0 saturated carbocycles. The van der Waals surface area contributed by atoms with E-state index in [2.05, 4.69) is 5.32 Å². The highest BCUT2D eigenvalue weighted by Gasteiger charge is 2.16. The van der Waals surface area contributed by atoms with Gasteiger partial charge in [0.1, 0.15) is 12.1 Å². The van der Waals surface area contributed by atoms with Gasteiger partial charge in [0.2, 0.25) is 0 Å². The normalized spacial score (nSPS) is 11.6. The lowest BCUT2D eigenvalue weighted by Gasteiger charge is -2.15. The molecule has 0 heterocycles. The van der Waals surface area contributed by atoms with Crippen LogP contribution in [0.5, 0.6) is 0 Å². The Morgan fingerprint density at radius 3 is 2.83 bits per heavy atom. The summed E-state index contributed by atoms with van der Waals surface area (Å²) in [5, 5.41) is 21.1. The molecule has 0 saturated heterocycles. The van der Waals surface area contributed by atoms with Crippen molar-refractivity contribution in [1.29, 1.82) is 5.26 Å². The van der Waals surface area contributed by atoms with Gasteiger partial charge in [-0.05, 0) is 24.6 Å². The van der Waals surface area contributed by atoms with Gasteiger partial charge in [-0.1, -0.05) is 31.4 Å². The Kier molecular flexibility index (Phi) is 5.47. The van der Waals surface area contributed by atoms with E-state index >= 15 is 0 Å². The Morgan fingerprint density at radius 2 is 2.33 bits per heavy atom. The van der Waals surface area contributed by atoms with E-state index in [4.69, 9.17) is 22.0 Å². The highest BCUT2D eigenvalue weighted by Crippen LogP contribution is 2.21. The zero-order valence-corrected chi connectivity index (χ0v) is 10.9. The third-order valence-electron chi connectivity index (χ3n) is 2.57. The smallest absolute Gasteiger partial charge is 0.326 e. The highest BCUT2D eigenvalue weighted by atomic mass is 35.5. The Bertz CT molecular complexity index is 469. The molecule has 0 unspecified atom stereocenters. The minimum atomic E-state index is -0.885. The van der Waals surface area contributed by atoms with Crippen molar-refractivity contribution in [2.75, 3.05) is 5.32 Å². The highest BCUT2D eigenvalue weighted by molar-refractivity contribution is 6.32. The van der Waals surface area contributed by atoms with Crippen molar-refractivity contribution in [3.05, 3.63) is 28.8 Å². The topological polar surface area (TPSA) is 73.1 Å². The first-order valence-corrected chi connectivity index (χ1v) is 6.15. The summed E-state index contributed by atoms with van der Waals surface area (Å²) in [7, 11) is 0. The average Bonchev–Trinajstić information content (AvgIpc) is 2.34. The molecule has 0 aliphatic carbocycles. The Morgan fingerprint density at radius 1 is 1.61 bits per heavy atom. The van der Waals surface area contributed by atoms with E-state index in [9.17, 15) is 4.79 Å². The summed E-state index contributed by atoms with van der Waals surface area (Å²) in [6.07, 6.45) is 2.34. The number of carbonyl (C=O) groups is 1. The van der Waals surface area contributed by atoms with Crippen molar-refractivity contribution in [1.82, 2.24) is 0 Å². The lowest BCUT2D eigenvalue weighted by molar-refractivity contribution is -0.138. The van der Waals surface area contributed by atoms with Gasteiger partial charge in [-0.15, -0.1) is 0 Å². The fraction of sp³-hybridized carbons (Fsp3) is 0.385. The van der Waals surface area contributed by atoms with Crippen LogP contribution < -0.4 is 5.32 Å². The van der Waals surface area contributed by atoms with Gasteiger partial charge in [-0.2, -0.15) is 5.26 Å². The van der Waals surface area contributed by atoms with Crippen LogP contribution in [0.3, 0.4) is 0 Å². The number of hydrogen-bond donors (Lipinski definition) is 2. The van der Waals surface area contributed by atoms with E-state index in [0.29, 0.717) is 22.7 Å². The van der Waals surface area contributed by atoms with Gasteiger partial charge in [-0.25, -0.2) is 4.79 Å². The number of nitrogens with zero attached hydrogens (tertiary/aromatic N) is 1. The number of carboxylic acids is 1. The van der Waals surface area contributed by atoms with Crippen molar-refractivity contribution in [3.8, 4) is 6.07 Å². The Balaban J connectivity index is 2.78. The lowest BCUT2D eigenvalue weighted by atomic mass is 10.1. The minimum absolute atomic E-state index is 0.321. The van der Waals surface area contributed by atoms with Gasteiger partial charge >= 0.3 is 5.97 Å². The first-order chi connectivity index (χ1) is 8.58. The molecule has 18 heavy (non-hydrogen) atoms. The van der Waals surface area contributed by atoms with Gasteiger partial charge in [0.25, 0.3) is 0 Å². The van der Waals surface area contributed by atoms with Gasteiger partial charge in [0, 0.05) is 5.69 Å². The first kappa shape index (κ1) is 14.3. The molecule has 96 valence electrons. The van der Waals surface area contributed by atoms with Crippen LogP contribution in [0.25, 0.3) is 0 Å². The SMILES string of the molecule is CCCC[C@H](Nc1ccc(C#N)c(Cl)c1)C(=O)O. The maximum absolute atomic E-state index is 11.1. The molecule has 1 rings (SSSR count). The molecular formula is C13H15ClN2O2. The van der Waals surface area contributed by atoms with E-state index in [1.54, 1.807) is 18.2 Å². The number of unbranched alkanes of at least 4 members (excludes halogenated alkanes) is 1. The third-order valence-corrected chi connectivity index (χ3v) is 2.89. The maximum Gasteiger partial charge on any atom is 0.326 e. The second-order valence-corrected chi connectivity index (χ2v) is 4.39. The Hall–Kier alpha value is -1.73. The quantitative estimate of drug-likeness (QED) is 0.829. The van der Waals surface area contributed by atoms with Crippen LogP contribution in [-0.4, -0.2) is 17.1 Å². The van der Waals surface area contributed by atoms with Crippen LogP contribution in [0.15, 0.2) is 18.2 Å². The van der Waals surface area contributed by atoms with E-state index in [1.165, 1.54) is 0 Å². The maximum atomic E-state index is 11.1. The zero-order valence-electron chi connectivity index (χ0n) is 10.1. The van der Waals surface area contributed by atoms with E-state index in [1.807, 2.05) is 13.0 Å². The van der Waals surface area contributed by atoms with Crippen molar-refractivity contribution < 1.29 is 9.90 Å². The number of hydrogen-bond acceptors (Lipinski definition) is 3. The van der Waals surface area contributed by atoms with Gasteiger partial charge < -0.3 is 10.4 Å². The molecule has 4 nitrogen and oxygen atoms in total. The van der Waals surface area contributed by atoms with Gasteiger partial charge in [0.15, 0.2) is 0 Å². The van der Waals surface area contributed by atoms with Crippen LogP contribution in [0.2, 0.25) is 5.02 Å². The third kappa shape index (κ3) is 3.94. The summed E-state index contributed by atoms with van der Waals surface area (Å²) in [6.45, 7) is 2.01. The lowest BCUT2D eigenvalue weighted by Crippen LogP contribution is -2.29. The van der Waals surface area contributed by atoms with Crippen LogP contribution in [0, 0.1) is 11.3 Å². The minimum Gasteiger partial charge on any atom is -0.480 e. The number of nitrogens with one attached hydrogen (secondary N) is 1. The van der Waals surface area contributed by atoms with Crippen molar-refractivity contribution in [3.63, 3.8) is 0 Å². The fourth-order valence-electron chi connectivity index (χ4n) is 1.56. The molecule has 0 aliphatic heterocycles. The second-order valence-electron chi connectivity index (χ2n) is 3.98. The fourth-order valence-corrected chi connectivity index (χ4v) is 1.79. The summed E-state index contributed by atoms with van der Waals surface area (Å²) >= 11 is 5.89. The molecule has 5 heteroatoms.